The number of nitrogens with two attached hydrogens (primary N) is 1. The number of hydrogen-bond acceptors (Lipinski definition) is 4. The number of pyridine rings is 1. The minimum atomic E-state index is -0.0313. The van der Waals surface area contributed by atoms with Crippen LogP contribution in [0, 0.1) is 5.41 Å². The van der Waals surface area contributed by atoms with E-state index in [4.69, 9.17) is 20.6 Å². The summed E-state index contributed by atoms with van der Waals surface area (Å²) in [4.78, 5) is 3.97. The van der Waals surface area contributed by atoms with E-state index in [9.17, 15) is 0 Å². The molecule has 16 heavy (non-hydrogen) atoms. The molecule has 1 heterocycles. The third-order valence-electron chi connectivity index (χ3n) is 1.95. The largest absolute Gasteiger partial charge is 0.382 e. The summed E-state index contributed by atoms with van der Waals surface area (Å²) in [6.07, 6.45) is 1.62. The molecular weight excluding hydrogens is 206 g/mol. The summed E-state index contributed by atoms with van der Waals surface area (Å²) in [6.45, 7) is 4.29. The molecule has 0 unspecified atom stereocenters. The average Bonchev–Trinajstić information content (AvgIpc) is 2.29. The van der Waals surface area contributed by atoms with E-state index in [2.05, 4.69) is 4.98 Å². The van der Waals surface area contributed by atoms with E-state index in [0.29, 0.717) is 32.1 Å². The van der Waals surface area contributed by atoms with Gasteiger partial charge in [-0.1, -0.05) is 0 Å². The molecule has 5 nitrogen and oxygen atoms in total. The van der Waals surface area contributed by atoms with Gasteiger partial charge in [-0.2, -0.15) is 0 Å². The number of aromatic nitrogens is 1. The number of ether oxygens (including phenoxy) is 2. The normalized spacial score (nSPS) is 10.3. The summed E-state index contributed by atoms with van der Waals surface area (Å²) in [7, 11) is 0. The number of nitrogens with one attached hydrogen (secondary N) is 1. The first-order chi connectivity index (χ1) is 7.74. The molecular formula is C11H17N3O2. The lowest BCUT2D eigenvalue weighted by Crippen LogP contribution is -2.13. The van der Waals surface area contributed by atoms with Gasteiger partial charge < -0.3 is 15.2 Å². The Morgan fingerprint density at radius 2 is 2.19 bits per heavy atom. The van der Waals surface area contributed by atoms with Crippen molar-refractivity contribution >= 4 is 5.84 Å². The maximum Gasteiger partial charge on any atom is 0.141 e. The van der Waals surface area contributed by atoms with Crippen LogP contribution in [-0.4, -0.2) is 30.6 Å². The van der Waals surface area contributed by atoms with Gasteiger partial charge in [0.05, 0.1) is 19.8 Å². The van der Waals surface area contributed by atoms with Crippen molar-refractivity contribution < 1.29 is 9.47 Å². The summed E-state index contributed by atoms with van der Waals surface area (Å²) < 4.78 is 10.5. The lowest BCUT2D eigenvalue weighted by atomic mass is 10.2. The van der Waals surface area contributed by atoms with Crippen molar-refractivity contribution in [3.63, 3.8) is 0 Å². The molecule has 0 fully saturated rings. The SMILES string of the molecule is CCOCCOCc1ccnc(C(=N)N)c1. The van der Waals surface area contributed by atoms with Gasteiger partial charge in [0.25, 0.3) is 0 Å². The molecule has 3 N–H and O–H groups in total. The second-order valence-electron chi connectivity index (χ2n) is 3.21. The summed E-state index contributed by atoms with van der Waals surface area (Å²) in [5.74, 6) is -0.0313. The highest BCUT2D eigenvalue weighted by Gasteiger charge is 2.00. The van der Waals surface area contributed by atoms with Crippen molar-refractivity contribution in [3.05, 3.63) is 29.6 Å². The monoisotopic (exact) mass is 223 g/mol. The van der Waals surface area contributed by atoms with Gasteiger partial charge in [-0.15, -0.1) is 0 Å². The van der Waals surface area contributed by atoms with E-state index in [-0.39, 0.29) is 5.84 Å². The van der Waals surface area contributed by atoms with Crippen molar-refractivity contribution in [3.8, 4) is 0 Å². The van der Waals surface area contributed by atoms with Crippen LogP contribution in [0.4, 0.5) is 0 Å². The average molecular weight is 223 g/mol. The van der Waals surface area contributed by atoms with Crippen LogP contribution in [0.25, 0.3) is 0 Å². The highest BCUT2D eigenvalue weighted by atomic mass is 16.5. The van der Waals surface area contributed by atoms with Gasteiger partial charge in [0.2, 0.25) is 0 Å². The molecule has 0 aliphatic heterocycles. The van der Waals surface area contributed by atoms with Crippen LogP contribution in [0.5, 0.6) is 0 Å². The minimum absolute atomic E-state index is 0.0313. The summed E-state index contributed by atoms with van der Waals surface area (Å²) >= 11 is 0. The molecule has 1 aromatic heterocycles. The zero-order valence-electron chi connectivity index (χ0n) is 9.40. The van der Waals surface area contributed by atoms with Crippen LogP contribution >= 0.6 is 0 Å². The number of rotatable bonds is 7. The summed E-state index contributed by atoms with van der Waals surface area (Å²) in [5, 5.41) is 7.25. The zero-order valence-corrected chi connectivity index (χ0v) is 9.40. The third-order valence-corrected chi connectivity index (χ3v) is 1.95. The molecule has 0 aliphatic rings. The predicted octanol–water partition coefficient (Wildman–Crippen LogP) is 0.919. The fourth-order valence-corrected chi connectivity index (χ4v) is 1.16. The number of nitrogen functional groups attached to an aromatic ring is 1. The topological polar surface area (TPSA) is 81.2 Å². The molecule has 0 atom stereocenters. The van der Waals surface area contributed by atoms with E-state index in [1.54, 1.807) is 12.3 Å². The molecule has 0 saturated carbocycles. The number of hydrogen-bond donors (Lipinski definition) is 2. The molecule has 0 amide bonds. The maximum absolute atomic E-state index is 7.25. The van der Waals surface area contributed by atoms with Crippen molar-refractivity contribution in [1.82, 2.24) is 4.98 Å². The lowest BCUT2D eigenvalue weighted by molar-refractivity contribution is 0.0453. The molecule has 0 radical (unpaired) electrons. The van der Waals surface area contributed by atoms with Crippen molar-refractivity contribution in [2.45, 2.75) is 13.5 Å². The number of amidine groups is 1. The highest BCUT2D eigenvalue weighted by Crippen LogP contribution is 2.03. The van der Waals surface area contributed by atoms with E-state index in [1.807, 2.05) is 13.0 Å². The quantitative estimate of drug-likeness (QED) is 0.409. The van der Waals surface area contributed by atoms with Crippen molar-refractivity contribution in [2.75, 3.05) is 19.8 Å². The first kappa shape index (κ1) is 12.6. The second kappa shape index (κ2) is 6.92. The Balaban J connectivity index is 2.36. The van der Waals surface area contributed by atoms with Crippen LogP contribution in [0.2, 0.25) is 0 Å². The Morgan fingerprint density at radius 3 is 2.88 bits per heavy atom. The molecule has 0 aliphatic carbocycles. The second-order valence-corrected chi connectivity index (χ2v) is 3.21. The molecule has 1 aromatic rings. The van der Waals surface area contributed by atoms with Crippen LogP contribution < -0.4 is 5.73 Å². The first-order valence-corrected chi connectivity index (χ1v) is 5.19. The van der Waals surface area contributed by atoms with Crippen LogP contribution in [-0.2, 0) is 16.1 Å². The van der Waals surface area contributed by atoms with E-state index >= 15 is 0 Å². The van der Waals surface area contributed by atoms with Crippen LogP contribution in [0.3, 0.4) is 0 Å². The fourth-order valence-electron chi connectivity index (χ4n) is 1.16. The van der Waals surface area contributed by atoms with E-state index in [1.165, 1.54) is 0 Å². The molecule has 0 spiro atoms. The zero-order chi connectivity index (χ0) is 11.8. The Morgan fingerprint density at radius 1 is 1.44 bits per heavy atom. The van der Waals surface area contributed by atoms with Gasteiger partial charge in [-0.05, 0) is 24.6 Å². The van der Waals surface area contributed by atoms with Crippen molar-refractivity contribution in [1.29, 1.82) is 5.41 Å². The van der Waals surface area contributed by atoms with E-state index < -0.39 is 0 Å². The first-order valence-electron chi connectivity index (χ1n) is 5.19. The van der Waals surface area contributed by atoms with Gasteiger partial charge in [-0.25, -0.2) is 0 Å². The molecule has 0 bridgehead atoms. The van der Waals surface area contributed by atoms with Gasteiger partial charge in [0.1, 0.15) is 11.5 Å². The Bertz CT molecular complexity index is 342. The number of nitrogens with zero attached hydrogens (tertiary/aromatic N) is 1. The van der Waals surface area contributed by atoms with Crippen LogP contribution in [0.1, 0.15) is 18.2 Å². The van der Waals surface area contributed by atoms with Gasteiger partial charge in [-0.3, -0.25) is 10.4 Å². The molecule has 5 heteroatoms. The van der Waals surface area contributed by atoms with Gasteiger partial charge in [0.15, 0.2) is 0 Å². The summed E-state index contributed by atoms with van der Waals surface area (Å²) in [5.41, 5.74) is 6.77. The van der Waals surface area contributed by atoms with Gasteiger partial charge in [0, 0.05) is 12.8 Å². The Hall–Kier alpha value is -1.46. The smallest absolute Gasteiger partial charge is 0.141 e. The summed E-state index contributed by atoms with van der Waals surface area (Å²) in [6, 6.07) is 3.59. The molecule has 0 aromatic carbocycles. The predicted molar refractivity (Wildman–Crippen MR) is 61.4 cm³/mol. The maximum atomic E-state index is 7.25. The third kappa shape index (κ3) is 4.37. The Labute approximate surface area is 95.1 Å². The molecule has 0 saturated heterocycles. The lowest BCUT2D eigenvalue weighted by Gasteiger charge is -2.05. The van der Waals surface area contributed by atoms with Crippen molar-refractivity contribution in [2.24, 2.45) is 5.73 Å². The van der Waals surface area contributed by atoms with E-state index in [0.717, 1.165) is 5.56 Å². The Kier molecular flexibility index (Phi) is 5.45. The van der Waals surface area contributed by atoms with Crippen LogP contribution in [0.15, 0.2) is 18.3 Å². The molecule has 88 valence electrons. The highest BCUT2D eigenvalue weighted by molar-refractivity contribution is 5.93. The van der Waals surface area contributed by atoms with Gasteiger partial charge >= 0.3 is 0 Å². The fraction of sp³-hybridized carbons (Fsp3) is 0.455. The standard InChI is InChI=1S/C11H17N3O2/c1-2-15-5-6-16-8-9-3-4-14-10(7-9)11(12)13/h3-4,7H,2,5-6,8H2,1H3,(H3,12,13). The molecule has 1 rings (SSSR count). The minimum Gasteiger partial charge on any atom is -0.382 e.